The van der Waals surface area contributed by atoms with E-state index in [0.717, 1.165) is 0 Å². The van der Waals surface area contributed by atoms with E-state index in [1.54, 1.807) is 18.2 Å². The SMILES string of the molecule is COC(=O)c1cc(Cl)c(NC(=O)c2ccc(OC)c(OC)c2)cc1OC. The molecule has 0 aliphatic carbocycles. The number of carbonyl (C=O) groups excluding carboxylic acids is 2. The maximum Gasteiger partial charge on any atom is 0.341 e. The number of hydrogen-bond donors (Lipinski definition) is 1. The molecule has 2 aromatic carbocycles. The minimum Gasteiger partial charge on any atom is -0.496 e. The molecule has 0 aliphatic heterocycles. The van der Waals surface area contributed by atoms with Crippen molar-refractivity contribution in [3.05, 3.63) is 46.5 Å². The maximum absolute atomic E-state index is 12.5. The smallest absolute Gasteiger partial charge is 0.341 e. The summed E-state index contributed by atoms with van der Waals surface area (Å²) in [4.78, 5) is 24.3. The van der Waals surface area contributed by atoms with Crippen LogP contribution in [0.1, 0.15) is 20.7 Å². The van der Waals surface area contributed by atoms with Crippen molar-refractivity contribution in [2.24, 2.45) is 0 Å². The summed E-state index contributed by atoms with van der Waals surface area (Å²) in [7, 11) is 5.64. The Morgan fingerprint density at radius 1 is 0.885 bits per heavy atom. The molecule has 0 saturated carbocycles. The lowest BCUT2D eigenvalue weighted by atomic mass is 10.1. The Balaban J connectivity index is 2.33. The topological polar surface area (TPSA) is 83.1 Å². The van der Waals surface area contributed by atoms with E-state index in [2.05, 4.69) is 10.1 Å². The summed E-state index contributed by atoms with van der Waals surface area (Å²) in [5.41, 5.74) is 0.787. The summed E-state index contributed by atoms with van der Waals surface area (Å²) in [5, 5.41) is 2.84. The van der Waals surface area contributed by atoms with Gasteiger partial charge in [-0.2, -0.15) is 0 Å². The fraction of sp³-hybridized carbons (Fsp3) is 0.222. The van der Waals surface area contributed by atoms with Crippen LogP contribution in [0.5, 0.6) is 17.2 Å². The number of rotatable bonds is 6. The van der Waals surface area contributed by atoms with Crippen molar-refractivity contribution < 1.29 is 28.5 Å². The van der Waals surface area contributed by atoms with Crippen LogP contribution >= 0.6 is 11.6 Å². The van der Waals surface area contributed by atoms with Gasteiger partial charge < -0.3 is 24.3 Å². The number of hydrogen-bond acceptors (Lipinski definition) is 6. The van der Waals surface area contributed by atoms with Gasteiger partial charge in [0.25, 0.3) is 5.91 Å². The molecule has 2 rings (SSSR count). The van der Waals surface area contributed by atoms with Crippen LogP contribution in [-0.4, -0.2) is 40.3 Å². The third-order valence-electron chi connectivity index (χ3n) is 3.59. The lowest BCUT2D eigenvalue weighted by Gasteiger charge is -2.13. The van der Waals surface area contributed by atoms with Crippen LogP contribution in [0.15, 0.2) is 30.3 Å². The van der Waals surface area contributed by atoms with Gasteiger partial charge in [0.15, 0.2) is 11.5 Å². The molecule has 0 heterocycles. The molecule has 0 aliphatic rings. The van der Waals surface area contributed by atoms with Crippen LogP contribution in [-0.2, 0) is 4.74 Å². The van der Waals surface area contributed by atoms with Crippen molar-refractivity contribution in [3.63, 3.8) is 0 Å². The first-order valence-corrected chi connectivity index (χ1v) is 7.82. The molecule has 0 atom stereocenters. The number of halogens is 1. The largest absolute Gasteiger partial charge is 0.496 e. The molecule has 1 N–H and O–H groups in total. The number of anilines is 1. The molecule has 138 valence electrons. The Morgan fingerprint density at radius 2 is 1.54 bits per heavy atom. The highest BCUT2D eigenvalue weighted by molar-refractivity contribution is 6.34. The standard InChI is InChI=1S/C18H18ClNO6/c1-23-14-6-5-10(7-16(14)25-3)17(21)20-13-9-15(24-2)11(8-12(13)19)18(22)26-4/h5-9H,1-4H3,(H,20,21). The number of benzene rings is 2. The van der Waals surface area contributed by atoms with Crippen LogP contribution in [0.2, 0.25) is 5.02 Å². The lowest BCUT2D eigenvalue weighted by Crippen LogP contribution is -2.13. The van der Waals surface area contributed by atoms with E-state index in [-0.39, 0.29) is 22.0 Å². The van der Waals surface area contributed by atoms with Crippen LogP contribution in [0, 0.1) is 0 Å². The van der Waals surface area contributed by atoms with Crippen molar-refractivity contribution in [2.75, 3.05) is 33.8 Å². The number of esters is 1. The van der Waals surface area contributed by atoms with Gasteiger partial charge in [-0.05, 0) is 24.3 Å². The van der Waals surface area contributed by atoms with Gasteiger partial charge in [0, 0.05) is 11.6 Å². The zero-order chi connectivity index (χ0) is 19.3. The predicted octanol–water partition coefficient (Wildman–Crippen LogP) is 3.40. The fourth-order valence-electron chi connectivity index (χ4n) is 2.26. The average molecular weight is 380 g/mol. The van der Waals surface area contributed by atoms with Crippen LogP contribution in [0.4, 0.5) is 5.69 Å². The molecule has 0 bridgehead atoms. The molecule has 0 fully saturated rings. The van der Waals surface area contributed by atoms with Crippen molar-refractivity contribution in [1.29, 1.82) is 0 Å². The molecule has 0 aromatic heterocycles. The summed E-state index contributed by atoms with van der Waals surface area (Å²) in [6.45, 7) is 0. The number of methoxy groups -OCH3 is 4. The van der Waals surface area contributed by atoms with Crippen molar-refractivity contribution >= 4 is 29.2 Å². The molecular formula is C18H18ClNO6. The minimum atomic E-state index is -0.596. The minimum absolute atomic E-state index is 0.157. The zero-order valence-corrected chi connectivity index (χ0v) is 15.5. The van der Waals surface area contributed by atoms with E-state index in [0.29, 0.717) is 17.1 Å². The Hall–Kier alpha value is -2.93. The van der Waals surface area contributed by atoms with Crippen LogP contribution < -0.4 is 19.5 Å². The molecule has 26 heavy (non-hydrogen) atoms. The van der Waals surface area contributed by atoms with E-state index in [1.165, 1.54) is 40.6 Å². The van der Waals surface area contributed by atoms with Gasteiger partial charge in [-0.3, -0.25) is 4.79 Å². The average Bonchev–Trinajstić information content (AvgIpc) is 2.67. The fourth-order valence-corrected chi connectivity index (χ4v) is 2.47. The van der Waals surface area contributed by atoms with Crippen molar-refractivity contribution in [1.82, 2.24) is 0 Å². The van der Waals surface area contributed by atoms with Gasteiger partial charge in [-0.25, -0.2) is 4.79 Å². The number of nitrogens with one attached hydrogen (secondary N) is 1. The second-order valence-corrected chi connectivity index (χ2v) is 5.46. The highest BCUT2D eigenvalue weighted by atomic mass is 35.5. The molecule has 0 spiro atoms. The molecule has 1 amide bonds. The normalized spacial score (nSPS) is 10.0. The first-order valence-electron chi connectivity index (χ1n) is 7.44. The second-order valence-electron chi connectivity index (χ2n) is 5.05. The molecule has 7 nitrogen and oxygen atoms in total. The highest BCUT2D eigenvalue weighted by Crippen LogP contribution is 2.32. The molecular weight excluding hydrogens is 362 g/mol. The van der Waals surface area contributed by atoms with E-state index in [4.69, 9.17) is 25.8 Å². The maximum atomic E-state index is 12.5. The summed E-state index contributed by atoms with van der Waals surface area (Å²) >= 11 is 6.17. The van der Waals surface area contributed by atoms with Gasteiger partial charge in [0.2, 0.25) is 0 Å². The Kier molecular flexibility index (Phi) is 6.30. The molecule has 0 unspecified atom stereocenters. The molecule has 8 heteroatoms. The van der Waals surface area contributed by atoms with E-state index in [1.807, 2.05) is 0 Å². The van der Waals surface area contributed by atoms with Crippen LogP contribution in [0.25, 0.3) is 0 Å². The predicted molar refractivity (Wildman–Crippen MR) is 96.8 cm³/mol. The Morgan fingerprint density at radius 3 is 2.12 bits per heavy atom. The summed E-state index contributed by atoms with van der Waals surface area (Å²) < 4.78 is 20.2. The van der Waals surface area contributed by atoms with Gasteiger partial charge >= 0.3 is 5.97 Å². The van der Waals surface area contributed by atoms with E-state index < -0.39 is 11.9 Å². The highest BCUT2D eigenvalue weighted by Gasteiger charge is 2.18. The summed E-state index contributed by atoms with van der Waals surface area (Å²) in [5.74, 6) is 0.141. The van der Waals surface area contributed by atoms with Crippen molar-refractivity contribution in [2.45, 2.75) is 0 Å². The first-order chi connectivity index (χ1) is 12.4. The second kappa shape index (κ2) is 8.44. The zero-order valence-electron chi connectivity index (χ0n) is 14.7. The van der Waals surface area contributed by atoms with E-state index >= 15 is 0 Å². The number of amides is 1. The number of ether oxygens (including phenoxy) is 4. The third-order valence-corrected chi connectivity index (χ3v) is 3.90. The quantitative estimate of drug-likeness (QED) is 0.774. The summed E-state index contributed by atoms with van der Waals surface area (Å²) in [6, 6.07) is 7.58. The van der Waals surface area contributed by atoms with Gasteiger partial charge in [-0.1, -0.05) is 11.6 Å². The van der Waals surface area contributed by atoms with Gasteiger partial charge in [0.1, 0.15) is 11.3 Å². The van der Waals surface area contributed by atoms with Gasteiger partial charge in [-0.15, -0.1) is 0 Å². The molecule has 0 radical (unpaired) electrons. The first kappa shape index (κ1) is 19.4. The molecule has 0 saturated heterocycles. The van der Waals surface area contributed by atoms with Crippen molar-refractivity contribution in [3.8, 4) is 17.2 Å². The monoisotopic (exact) mass is 379 g/mol. The summed E-state index contributed by atoms with van der Waals surface area (Å²) in [6.07, 6.45) is 0. The third kappa shape index (κ3) is 4.00. The van der Waals surface area contributed by atoms with Crippen LogP contribution in [0.3, 0.4) is 0 Å². The number of carbonyl (C=O) groups is 2. The van der Waals surface area contributed by atoms with Gasteiger partial charge in [0.05, 0.1) is 39.1 Å². The molecule has 2 aromatic rings. The van der Waals surface area contributed by atoms with E-state index in [9.17, 15) is 9.59 Å². The lowest BCUT2D eigenvalue weighted by molar-refractivity contribution is 0.0597. The Bertz CT molecular complexity index is 837. The Labute approximate surface area is 155 Å².